The van der Waals surface area contributed by atoms with Gasteiger partial charge in [-0.25, -0.2) is 4.98 Å². The van der Waals surface area contributed by atoms with E-state index in [2.05, 4.69) is 9.97 Å². The molecule has 0 bridgehead atoms. The van der Waals surface area contributed by atoms with Gasteiger partial charge < -0.3 is 9.47 Å². The average molecular weight is 348 g/mol. The summed E-state index contributed by atoms with van der Waals surface area (Å²) in [5, 5.41) is -0.150. The number of rotatable bonds is 5. The predicted octanol–water partition coefficient (Wildman–Crippen LogP) is 4.50. The summed E-state index contributed by atoms with van der Waals surface area (Å²) < 4.78 is 56.9. The molecule has 0 spiro atoms. The largest absolute Gasteiger partial charge is 0.467 e. The topological polar surface area (TPSA) is 44.2 Å². The van der Waals surface area contributed by atoms with Gasteiger partial charge in [-0.2, -0.15) is 13.2 Å². The van der Waals surface area contributed by atoms with E-state index in [1.54, 1.807) is 6.92 Å². The number of nitrogens with zero attached hydrogens (tertiary/aromatic N) is 2. The Balaban J connectivity index is 2.57. The Morgan fingerprint density at radius 3 is 2.70 bits per heavy atom. The third kappa shape index (κ3) is 4.33. The van der Waals surface area contributed by atoms with Crippen LogP contribution < -0.4 is 4.74 Å². The van der Waals surface area contributed by atoms with Crippen molar-refractivity contribution in [2.24, 2.45) is 0 Å². The van der Waals surface area contributed by atoms with E-state index < -0.39 is 11.7 Å². The maximum Gasteiger partial charge on any atom is 0.416 e. The van der Waals surface area contributed by atoms with Gasteiger partial charge in [0.15, 0.2) is 6.79 Å². The second-order valence-electron chi connectivity index (χ2n) is 4.58. The van der Waals surface area contributed by atoms with Crippen LogP contribution >= 0.6 is 11.6 Å². The molecule has 0 saturated carbocycles. The summed E-state index contributed by atoms with van der Waals surface area (Å²) >= 11 is 5.79. The molecule has 0 aliphatic heterocycles. The van der Waals surface area contributed by atoms with Crippen LogP contribution in [0.4, 0.5) is 13.2 Å². The molecule has 0 N–H and O–H groups in total. The van der Waals surface area contributed by atoms with Gasteiger partial charge in [0.1, 0.15) is 10.9 Å². The van der Waals surface area contributed by atoms with Crippen LogP contribution in [0.3, 0.4) is 0 Å². The highest BCUT2D eigenvalue weighted by molar-refractivity contribution is 6.29. The fourth-order valence-electron chi connectivity index (χ4n) is 1.98. The Bertz CT molecular complexity index is 741. The Morgan fingerprint density at radius 1 is 1.35 bits per heavy atom. The second-order valence-corrected chi connectivity index (χ2v) is 4.93. The number of benzene rings is 1. The van der Waals surface area contributed by atoms with Crippen LogP contribution in [-0.2, 0) is 10.9 Å². The minimum Gasteiger partial charge on any atom is -0.467 e. The summed E-state index contributed by atoms with van der Waals surface area (Å²) in [5.74, 6) is -0.0427. The van der Waals surface area contributed by atoms with E-state index in [1.807, 2.05) is 0 Å². The maximum atomic E-state index is 13.0. The van der Waals surface area contributed by atoms with Gasteiger partial charge in [0.05, 0.1) is 25.0 Å². The molecule has 0 amide bonds. The highest BCUT2D eigenvalue weighted by Gasteiger charge is 2.32. The van der Waals surface area contributed by atoms with Crippen LogP contribution in [0.15, 0.2) is 24.5 Å². The van der Waals surface area contributed by atoms with Gasteiger partial charge in [0, 0.05) is 12.2 Å². The number of aromatic nitrogens is 2. The van der Waals surface area contributed by atoms with Crippen LogP contribution in [0.5, 0.6) is 5.75 Å². The van der Waals surface area contributed by atoms with Crippen molar-refractivity contribution in [1.29, 1.82) is 0 Å². The molecule has 4 nitrogen and oxygen atoms in total. The number of halogens is 4. The lowest BCUT2D eigenvalue weighted by Crippen LogP contribution is -2.09. The van der Waals surface area contributed by atoms with Gasteiger partial charge in [-0.15, -0.1) is 0 Å². The van der Waals surface area contributed by atoms with Gasteiger partial charge in [-0.1, -0.05) is 11.6 Å². The standard InChI is InChI=1S/C15H14ClF3N2O2/c1-3-22-8-23-12-5-10(15(17,18)19)4-9(2)14(12)11-6-20-7-13(16)21-11/h4-7H,3,8H2,1-2H3/i7D. The Morgan fingerprint density at radius 2 is 2.09 bits per heavy atom. The third-order valence-electron chi connectivity index (χ3n) is 2.95. The molecule has 1 heterocycles. The summed E-state index contributed by atoms with van der Waals surface area (Å²) in [7, 11) is 0. The molecule has 0 aliphatic rings. The number of ether oxygens (including phenoxy) is 2. The maximum absolute atomic E-state index is 13.0. The smallest absolute Gasteiger partial charge is 0.416 e. The molecule has 23 heavy (non-hydrogen) atoms. The third-order valence-corrected chi connectivity index (χ3v) is 3.12. The Hall–Kier alpha value is -1.86. The summed E-state index contributed by atoms with van der Waals surface area (Å²) in [4.78, 5) is 7.77. The summed E-state index contributed by atoms with van der Waals surface area (Å²) in [6, 6.07) is 1.87. The van der Waals surface area contributed by atoms with Gasteiger partial charge >= 0.3 is 6.18 Å². The zero-order chi connectivity index (χ0) is 17.9. The fourth-order valence-corrected chi connectivity index (χ4v) is 2.12. The minimum absolute atomic E-state index is 0.0427. The fraction of sp³-hybridized carbons (Fsp3) is 0.333. The molecule has 2 rings (SSSR count). The van der Waals surface area contributed by atoms with Crippen molar-refractivity contribution >= 4 is 11.6 Å². The molecule has 0 saturated heterocycles. The summed E-state index contributed by atoms with van der Waals surface area (Å²) in [6.45, 7) is 3.39. The first kappa shape index (κ1) is 16.0. The molecule has 1 aromatic heterocycles. The van der Waals surface area contributed by atoms with E-state index in [4.69, 9.17) is 22.4 Å². The SMILES string of the molecule is [2H]c1ncc(-c2c(C)cc(C(F)(F)F)cc2OCOCC)nc1Cl. The molecule has 0 atom stereocenters. The lowest BCUT2D eigenvalue weighted by atomic mass is 10.0. The molecule has 0 fully saturated rings. The van der Waals surface area contributed by atoms with E-state index in [0.717, 1.165) is 12.1 Å². The highest BCUT2D eigenvalue weighted by Crippen LogP contribution is 2.39. The number of alkyl halides is 3. The van der Waals surface area contributed by atoms with Crippen molar-refractivity contribution in [3.63, 3.8) is 0 Å². The molecular formula is C15H14ClF3N2O2. The van der Waals surface area contributed by atoms with Crippen molar-refractivity contribution in [1.82, 2.24) is 9.97 Å². The van der Waals surface area contributed by atoms with Crippen LogP contribution in [-0.4, -0.2) is 23.4 Å². The van der Waals surface area contributed by atoms with E-state index in [-0.39, 0.29) is 29.6 Å². The number of hydrogen-bond acceptors (Lipinski definition) is 4. The molecule has 8 heteroatoms. The molecule has 0 radical (unpaired) electrons. The molecule has 1 aromatic carbocycles. The molecule has 0 aliphatic carbocycles. The number of hydrogen-bond donors (Lipinski definition) is 0. The summed E-state index contributed by atoms with van der Waals surface area (Å²) in [6.07, 6.45) is -3.47. The monoisotopic (exact) mass is 347 g/mol. The average Bonchev–Trinajstić information content (AvgIpc) is 2.49. The zero-order valence-corrected chi connectivity index (χ0v) is 13.1. The molecular weight excluding hydrogens is 333 g/mol. The molecule has 2 aromatic rings. The second kappa shape index (κ2) is 7.14. The van der Waals surface area contributed by atoms with E-state index >= 15 is 0 Å². The van der Waals surface area contributed by atoms with E-state index in [9.17, 15) is 13.2 Å². The summed E-state index contributed by atoms with van der Waals surface area (Å²) in [5.41, 5.74) is -0.0170. The Kier molecular flexibility index (Phi) is 4.97. The van der Waals surface area contributed by atoms with Crippen molar-refractivity contribution in [2.75, 3.05) is 13.4 Å². The van der Waals surface area contributed by atoms with Crippen molar-refractivity contribution in [2.45, 2.75) is 20.0 Å². The predicted molar refractivity (Wildman–Crippen MR) is 79.3 cm³/mol. The van der Waals surface area contributed by atoms with Crippen LogP contribution in [0.1, 0.15) is 19.4 Å². The first-order chi connectivity index (χ1) is 11.2. The van der Waals surface area contributed by atoms with Gasteiger partial charge in [-0.3, -0.25) is 4.98 Å². The van der Waals surface area contributed by atoms with Gasteiger partial charge in [0.2, 0.25) is 0 Å². The van der Waals surface area contributed by atoms with Crippen LogP contribution in [0, 0.1) is 6.92 Å². The zero-order valence-electron chi connectivity index (χ0n) is 13.4. The van der Waals surface area contributed by atoms with Gasteiger partial charge in [-0.05, 0) is 31.5 Å². The Labute approximate surface area is 137 Å². The van der Waals surface area contributed by atoms with Crippen molar-refractivity contribution < 1.29 is 24.0 Å². The minimum atomic E-state index is -4.51. The van der Waals surface area contributed by atoms with Crippen molar-refractivity contribution in [3.05, 3.63) is 40.8 Å². The van der Waals surface area contributed by atoms with Crippen molar-refractivity contribution in [3.8, 4) is 17.0 Å². The molecule has 124 valence electrons. The lowest BCUT2D eigenvalue weighted by Gasteiger charge is -2.17. The normalized spacial score (nSPS) is 12.2. The highest BCUT2D eigenvalue weighted by atomic mass is 35.5. The van der Waals surface area contributed by atoms with E-state index in [0.29, 0.717) is 17.7 Å². The number of aryl methyl sites for hydroxylation is 1. The van der Waals surface area contributed by atoms with Gasteiger partial charge in [0.25, 0.3) is 0 Å². The van der Waals surface area contributed by atoms with Crippen LogP contribution in [0.2, 0.25) is 5.15 Å². The first-order valence-corrected chi connectivity index (χ1v) is 7.03. The lowest BCUT2D eigenvalue weighted by molar-refractivity contribution is -0.137. The van der Waals surface area contributed by atoms with E-state index in [1.165, 1.54) is 13.1 Å². The molecule has 0 unspecified atom stereocenters. The first-order valence-electron chi connectivity index (χ1n) is 7.16. The van der Waals surface area contributed by atoms with Crippen LogP contribution in [0.25, 0.3) is 11.3 Å². The quantitative estimate of drug-likeness (QED) is 0.590.